The van der Waals surface area contributed by atoms with E-state index in [1.54, 1.807) is 4.68 Å². The van der Waals surface area contributed by atoms with E-state index in [1.807, 2.05) is 43.3 Å². The van der Waals surface area contributed by atoms with Gasteiger partial charge in [-0.3, -0.25) is 0 Å². The van der Waals surface area contributed by atoms with Crippen molar-refractivity contribution < 1.29 is 0 Å². The number of hydrogen-bond donors (Lipinski definition) is 1. The lowest BCUT2D eigenvalue weighted by Gasteiger charge is -2.09. The molecule has 21 heavy (non-hydrogen) atoms. The van der Waals surface area contributed by atoms with Gasteiger partial charge in [-0.05, 0) is 69.2 Å². The quantitative estimate of drug-likeness (QED) is 0.655. The maximum Gasteiger partial charge on any atom is 0.187 e. The Kier molecular flexibility index (Phi) is 3.77. The number of nitrogen functional groups attached to an aromatic ring is 1. The molecule has 0 aliphatic carbocycles. The largest absolute Gasteiger partial charge is 0.398 e. The van der Waals surface area contributed by atoms with Crippen LogP contribution in [0.1, 0.15) is 5.56 Å². The van der Waals surface area contributed by atoms with Gasteiger partial charge in [-0.2, -0.15) is 4.68 Å². The third kappa shape index (κ3) is 2.71. The first-order valence-corrected chi connectivity index (χ1v) is 7.75. The number of nitrogens with two attached hydrogens (primary N) is 1. The number of aromatic nitrogens is 4. The molecule has 3 rings (SSSR count). The summed E-state index contributed by atoms with van der Waals surface area (Å²) in [6, 6.07) is 11.6. The minimum absolute atomic E-state index is 0.646. The van der Waals surface area contributed by atoms with Crippen LogP contribution in [-0.2, 0) is 0 Å². The number of halogens is 2. The second-order valence-electron chi connectivity index (χ2n) is 4.58. The van der Waals surface area contributed by atoms with Crippen molar-refractivity contribution >= 4 is 37.5 Å². The molecule has 0 fully saturated rings. The molecule has 0 saturated heterocycles. The highest BCUT2D eigenvalue weighted by Crippen LogP contribution is 2.28. The molecule has 0 atom stereocenters. The zero-order valence-corrected chi connectivity index (χ0v) is 14.3. The molecule has 2 aromatic carbocycles. The van der Waals surface area contributed by atoms with E-state index in [1.165, 1.54) is 0 Å². The van der Waals surface area contributed by atoms with Crippen molar-refractivity contribution in [3.63, 3.8) is 0 Å². The number of anilines is 1. The van der Waals surface area contributed by atoms with Gasteiger partial charge in [0.05, 0.1) is 5.69 Å². The molecule has 7 heteroatoms. The smallest absolute Gasteiger partial charge is 0.187 e. The Morgan fingerprint density at radius 2 is 1.90 bits per heavy atom. The molecule has 0 saturated carbocycles. The normalized spacial score (nSPS) is 10.8. The van der Waals surface area contributed by atoms with Gasteiger partial charge in [0, 0.05) is 20.2 Å². The Hall–Kier alpha value is -1.73. The molecule has 5 nitrogen and oxygen atoms in total. The Morgan fingerprint density at radius 1 is 1.10 bits per heavy atom. The van der Waals surface area contributed by atoms with Gasteiger partial charge in [-0.15, -0.1) is 5.10 Å². The van der Waals surface area contributed by atoms with Crippen LogP contribution in [0.25, 0.3) is 17.1 Å². The molecule has 2 N–H and O–H groups in total. The van der Waals surface area contributed by atoms with Gasteiger partial charge in [0.1, 0.15) is 0 Å². The van der Waals surface area contributed by atoms with E-state index >= 15 is 0 Å². The van der Waals surface area contributed by atoms with E-state index in [4.69, 9.17) is 5.73 Å². The first kappa shape index (κ1) is 14.2. The van der Waals surface area contributed by atoms with Crippen LogP contribution in [0.15, 0.2) is 45.3 Å². The molecule has 0 radical (unpaired) electrons. The summed E-state index contributed by atoms with van der Waals surface area (Å²) in [5.74, 6) is 0.649. The Bertz CT molecular complexity index is 813. The van der Waals surface area contributed by atoms with Gasteiger partial charge < -0.3 is 5.73 Å². The van der Waals surface area contributed by atoms with E-state index in [2.05, 4.69) is 47.4 Å². The van der Waals surface area contributed by atoms with Crippen molar-refractivity contribution in [1.82, 2.24) is 20.2 Å². The average Bonchev–Trinajstić information content (AvgIpc) is 2.93. The lowest BCUT2D eigenvalue weighted by atomic mass is 10.1. The van der Waals surface area contributed by atoms with Gasteiger partial charge in [0.15, 0.2) is 5.82 Å². The molecule has 1 heterocycles. The Balaban J connectivity index is 2.17. The minimum Gasteiger partial charge on any atom is -0.398 e. The first-order valence-electron chi connectivity index (χ1n) is 6.16. The number of benzene rings is 2. The zero-order chi connectivity index (χ0) is 15.0. The lowest BCUT2D eigenvalue weighted by Crippen LogP contribution is -2.02. The Morgan fingerprint density at radius 3 is 2.67 bits per heavy atom. The zero-order valence-electron chi connectivity index (χ0n) is 11.1. The second kappa shape index (κ2) is 5.57. The van der Waals surface area contributed by atoms with Crippen molar-refractivity contribution in [3.05, 3.63) is 50.9 Å². The van der Waals surface area contributed by atoms with E-state index in [0.717, 1.165) is 25.8 Å². The highest BCUT2D eigenvalue weighted by molar-refractivity contribution is 9.10. The summed E-state index contributed by atoms with van der Waals surface area (Å²) in [6.07, 6.45) is 0. The standard InChI is InChI=1S/C14H11Br2N5/c1-8-2-4-10(15)7-13(8)21-14(18-19-20-21)9-3-5-11(16)12(17)6-9/h2-7H,17H2,1H3. The van der Waals surface area contributed by atoms with Crippen LogP contribution < -0.4 is 5.73 Å². The highest BCUT2D eigenvalue weighted by Gasteiger charge is 2.13. The van der Waals surface area contributed by atoms with E-state index in [9.17, 15) is 0 Å². The number of nitrogens with zero attached hydrogens (tertiary/aromatic N) is 4. The summed E-state index contributed by atoms with van der Waals surface area (Å²) >= 11 is 6.86. The highest BCUT2D eigenvalue weighted by atomic mass is 79.9. The van der Waals surface area contributed by atoms with Crippen molar-refractivity contribution in [1.29, 1.82) is 0 Å². The van der Waals surface area contributed by atoms with Crippen molar-refractivity contribution in [2.75, 3.05) is 5.73 Å². The summed E-state index contributed by atoms with van der Waals surface area (Å²) in [4.78, 5) is 0. The third-order valence-corrected chi connectivity index (χ3v) is 4.34. The molecule has 0 aliphatic rings. The molecule has 0 spiro atoms. The van der Waals surface area contributed by atoms with Gasteiger partial charge in [0.25, 0.3) is 0 Å². The van der Waals surface area contributed by atoms with Gasteiger partial charge in [-0.1, -0.05) is 22.0 Å². The number of aryl methyl sites for hydroxylation is 1. The number of hydrogen-bond acceptors (Lipinski definition) is 4. The lowest BCUT2D eigenvalue weighted by molar-refractivity contribution is 0.787. The van der Waals surface area contributed by atoms with E-state index in [0.29, 0.717) is 11.5 Å². The average molecular weight is 409 g/mol. The number of rotatable bonds is 2. The monoisotopic (exact) mass is 407 g/mol. The maximum absolute atomic E-state index is 5.94. The van der Waals surface area contributed by atoms with Gasteiger partial charge >= 0.3 is 0 Å². The summed E-state index contributed by atoms with van der Waals surface area (Å²) in [5, 5.41) is 12.0. The van der Waals surface area contributed by atoms with Crippen molar-refractivity contribution in [3.8, 4) is 17.1 Å². The predicted octanol–water partition coefficient (Wildman–Crippen LogP) is 3.74. The fourth-order valence-corrected chi connectivity index (χ4v) is 2.62. The first-order chi connectivity index (χ1) is 10.1. The van der Waals surface area contributed by atoms with Crippen LogP contribution in [0.3, 0.4) is 0 Å². The van der Waals surface area contributed by atoms with Crippen molar-refractivity contribution in [2.24, 2.45) is 0 Å². The molecule has 0 bridgehead atoms. The summed E-state index contributed by atoms with van der Waals surface area (Å²) in [6.45, 7) is 2.02. The molecule has 0 unspecified atom stereocenters. The summed E-state index contributed by atoms with van der Waals surface area (Å²) in [7, 11) is 0. The van der Waals surface area contributed by atoms with Crippen molar-refractivity contribution in [2.45, 2.75) is 6.92 Å². The topological polar surface area (TPSA) is 69.6 Å². The SMILES string of the molecule is Cc1ccc(Br)cc1-n1nnnc1-c1ccc(Br)c(N)c1. The van der Waals surface area contributed by atoms with Crippen LogP contribution >= 0.6 is 31.9 Å². The maximum atomic E-state index is 5.94. The van der Waals surface area contributed by atoms with E-state index in [-0.39, 0.29) is 0 Å². The second-order valence-corrected chi connectivity index (χ2v) is 6.35. The molecular formula is C14H11Br2N5. The molecule has 0 amide bonds. The minimum atomic E-state index is 0.646. The van der Waals surface area contributed by atoms with Crippen LogP contribution in [0.4, 0.5) is 5.69 Å². The molecule has 3 aromatic rings. The summed E-state index contributed by atoms with van der Waals surface area (Å²) < 4.78 is 3.53. The molecule has 1 aromatic heterocycles. The van der Waals surface area contributed by atoms with Crippen LogP contribution in [-0.4, -0.2) is 20.2 Å². The fourth-order valence-electron chi connectivity index (χ4n) is 2.02. The summed E-state index contributed by atoms with van der Waals surface area (Å²) in [5.41, 5.74) is 9.45. The molecule has 106 valence electrons. The van der Waals surface area contributed by atoms with Gasteiger partial charge in [0.2, 0.25) is 0 Å². The predicted molar refractivity (Wildman–Crippen MR) is 89.1 cm³/mol. The third-order valence-electron chi connectivity index (χ3n) is 3.12. The van der Waals surface area contributed by atoms with Crippen LogP contribution in [0.5, 0.6) is 0 Å². The molecular weight excluding hydrogens is 398 g/mol. The molecule has 0 aliphatic heterocycles. The number of tetrazole rings is 1. The van der Waals surface area contributed by atoms with Gasteiger partial charge in [-0.25, -0.2) is 0 Å². The fraction of sp³-hybridized carbons (Fsp3) is 0.0714. The van der Waals surface area contributed by atoms with E-state index < -0.39 is 0 Å². The van der Waals surface area contributed by atoms with Crippen LogP contribution in [0, 0.1) is 6.92 Å². The Labute approximate surface area is 138 Å². The van der Waals surface area contributed by atoms with Crippen LogP contribution in [0.2, 0.25) is 0 Å².